The standard InChI is InChI=1S/C13H28N2/c1-6-8-14-12-7-9-15(11(2)10-12)13(3,4)5/h11-12,14H,6-10H2,1-5H3. The Morgan fingerprint density at radius 1 is 1.33 bits per heavy atom. The van der Waals surface area contributed by atoms with Gasteiger partial charge >= 0.3 is 0 Å². The Kier molecular flexibility index (Phi) is 4.60. The van der Waals surface area contributed by atoms with Crippen LogP contribution in [0.3, 0.4) is 0 Å². The van der Waals surface area contributed by atoms with Gasteiger partial charge in [-0.2, -0.15) is 0 Å². The molecule has 0 radical (unpaired) electrons. The molecule has 0 amide bonds. The topological polar surface area (TPSA) is 15.3 Å². The van der Waals surface area contributed by atoms with Gasteiger partial charge in [0.25, 0.3) is 0 Å². The van der Waals surface area contributed by atoms with Crippen molar-refractivity contribution in [1.82, 2.24) is 10.2 Å². The molecule has 1 fully saturated rings. The van der Waals surface area contributed by atoms with Crippen molar-refractivity contribution in [3.8, 4) is 0 Å². The third kappa shape index (κ3) is 3.76. The molecule has 2 atom stereocenters. The summed E-state index contributed by atoms with van der Waals surface area (Å²) in [7, 11) is 0. The van der Waals surface area contributed by atoms with Crippen LogP contribution in [0.25, 0.3) is 0 Å². The van der Waals surface area contributed by atoms with Crippen molar-refractivity contribution in [2.75, 3.05) is 13.1 Å². The fourth-order valence-corrected chi connectivity index (χ4v) is 2.70. The van der Waals surface area contributed by atoms with Gasteiger partial charge < -0.3 is 5.32 Å². The van der Waals surface area contributed by atoms with Crippen LogP contribution in [0, 0.1) is 0 Å². The molecule has 1 saturated heterocycles. The zero-order chi connectivity index (χ0) is 11.5. The molecule has 0 aromatic heterocycles. The van der Waals surface area contributed by atoms with Gasteiger partial charge in [0, 0.05) is 24.2 Å². The highest BCUT2D eigenvalue weighted by Crippen LogP contribution is 2.25. The Labute approximate surface area is 95.4 Å². The zero-order valence-corrected chi connectivity index (χ0v) is 11.1. The van der Waals surface area contributed by atoms with E-state index in [9.17, 15) is 0 Å². The Balaban J connectivity index is 2.41. The van der Waals surface area contributed by atoms with E-state index >= 15 is 0 Å². The molecule has 0 aromatic carbocycles. The highest BCUT2D eigenvalue weighted by molar-refractivity contribution is 4.89. The molecule has 1 aliphatic heterocycles. The van der Waals surface area contributed by atoms with Crippen LogP contribution < -0.4 is 5.32 Å². The summed E-state index contributed by atoms with van der Waals surface area (Å²) < 4.78 is 0. The Morgan fingerprint density at radius 3 is 2.47 bits per heavy atom. The molecule has 2 heteroatoms. The molecule has 0 aromatic rings. The molecule has 0 spiro atoms. The molecule has 0 aliphatic carbocycles. The lowest BCUT2D eigenvalue weighted by Gasteiger charge is -2.45. The van der Waals surface area contributed by atoms with E-state index < -0.39 is 0 Å². The van der Waals surface area contributed by atoms with Gasteiger partial charge in [0.1, 0.15) is 0 Å². The summed E-state index contributed by atoms with van der Waals surface area (Å²) >= 11 is 0. The number of nitrogens with zero attached hydrogens (tertiary/aromatic N) is 1. The van der Waals surface area contributed by atoms with Crippen LogP contribution in [0.5, 0.6) is 0 Å². The number of likely N-dealkylation sites (tertiary alicyclic amines) is 1. The van der Waals surface area contributed by atoms with Crippen LogP contribution in [-0.2, 0) is 0 Å². The SMILES string of the molecule is CCCNC1CCN(C(C)(C)C)C(C)C1. The van der Waals surface area contributed by atoms with Crippen molar-refractivity contribution in [3.05, 3.63) is 0 Å². The number of hydrogen-bond acceptors (Lipinski definition) is 2. The Hall–Kier alpha value is -0.0800. The summed E-state index contributed by atoms with van der Waals surface area (Å²) in [6.45, 7) is 14.0. The van der Waals surface area contributed by atoms with E-state index in [2.05, 4.69) is 44.8 Å². The van der Waals surface area contributed by atoms with Crippen molar-refractivity contribution in [1.29, 1.82) is 0 Å². The first kappa shape index (κ1) is 13.0. The Bertz CT molecular complexity index is 183. The quantitative estimate of drug-likeness (QED) is 0.773. The second-order valence-corrected chi connectivity index (χ2v) is 5.89. The van der Waals surface area contributed by atoms with Gasteiger partial charge in [0.15, 0.2) is 0 Å². The van der Waals surface area contributed by atoms with E-state index in [1.54, 1.807) is 0 Å². The lowest BCUT2D eigenvalue weighted by Crippen LogP contribution is -2.54. The van der Waals surface area contributed by atoms with E-state index in [0.717, 1.165) is 6.04 Å². The first-order chi connectivity index (χ1) is 6.95. The number of nitrogens with one attached hydrogen (secondary N) is 1. The molecule has 1 N–H and O–H groups in total. The first-order valence-corrected chi connectivity index (χ1v) is 6.45. The maximum Gasteiger partial charge on any atom is 0.0127 e. The average Bonchev–Trinajstić information content (AvgIpc) is 2.12. The molecule has 2 unspecified atom stereocenters. The predicted molar refractivity (Wildman–Crippen MR) is 67.2 cm³/mol. The van der Waals surface area contributed by atoms with Gasteiger partial charge in [-0.15, -0.1) is 0 Å². The molecular formula is C13H28N2. The third-order valence-corrected chi connectivity index (χ3v) is 3.42. The van der Waals surface area contributed by atoms with E-state index in [1.165, 1.54) is 32.4 Å². The molecule has 2 nitrogen and oxygen atoms in total. The van der Waals surface area contributed by atoms with Crippen LogP contribution in [0.15, 0.2) is 0 Å². The van der Waals surface area contributed by atoms with E-state index in [-0.39, 0.29) is 0 Å². The van der Waals surface area contributed by atoms with Gasteiger partial charge in [-0.3, -0.25) is 4.90 Å². The lowest BCUT2D eigenvalue weighted by atomic mass is 9.92. The molecule has 1 rings (SSSR count). The maximum atomic E-state index is 3.65. The van der Waals surface area contributed by atoms with Crippen molar-refractivity contribution in [3.63, 3.8) is 0 Å². The van der Waals surface area contributed by atoms with Gasteiger partial charge in [0.05, 0.1) is 0 Å². The second kappa shape index (κ2) is 5.31. The van der Waals surface area contributed by atoms with E-state index in [1.807, 2.05) is 0 Å². The van der Waals surface area contributed by atoms with Gasteiger partial charge in [0.2, 0.25) is 0 Å². The molecule has 1 heterocycles. The largest absolute Gasteiger partial charge is 0.314 e. The molecule has 90 valence electrons. The summed E-state index contributed by atoms with van der Waals surface area (Å²) in [5.74, 6) is 0. The number of hydrogen-bond donors (Lipinski definition) is 1. The normalized spacial score (nSPS) is 29.4. The second-order valence-electron chi connectivity index (χ2n) is 5.89. The fraction of sp³-hybridized carbons (Fsp3) is 1.00. The summed E-state index contributed by atoms with van der Waals surface area (Å²) in [6, 6.07) is 1.46. The van der Waals surface area contributed by atoms with Crippen molar-refractivity contribution >= 4 is 0 Å². The van der Waals surface area contributed by atoms with Crippen LogP contribution in [0.2, 0.25) is 0 Å². The Morgan fingerprint density at radius 2 is 2.00 bits per heavy atom. The lowest BCUT2D eigenvalue weighted by molar-refractivity contribution is 0.0479. The minimum Gasteiger partial charge on any atom is -0.314 e. The predicted octanol–water partition coefficient (Wildman–Crippen LogP) is 2.64. The average molecular weight is 212 g/mol. The summed E-state index contributed by atoms with van der Waals surface area (Å²) in [4.78, 5) is 2.64. The molecule has 1 aliphatic rings. The van der Waals surface area contributed by atoms with Crippen LogP contribution in [0.1, 0.15) is 53.9 Å². The fourth-order valence-electron chi connectivity index (χ4n) is 2.70. The van der Waals surface area contributed by atoms with Crippen LogP contribution >= 0.6 is 0 Å². The highest BCUT2D eigenvalue weighted by atomic mass is 15.2. The van der Waals surface area contributed by atoms with Crippen LogP contribution in [0.4, 0.5) is 0 Å². The number of rotatable bonds is 3. The van der Waals surface area contributed by atoms with Crippen molar-refractivity contribution in [2.24, 2.45) is 0 Å². The monoisotopic (exact) mass is 212 g/mol. The summed E-state index contributed by atoms with van der Waals surface area (Å²) in [6.07, 6.45) is 3.85. The molecule has 0 saturated carbocycles. The first-order valence-electron chi connectivity index (χ1n) is 6.45. The molecule has 15 heavy (non-hydrogen) atoms. The van der Waals surface area contributed by atoms with Crippen molar-refractivity contribution in [2.45, 2.75) is 71.5 Å². The zero-order valence-electron chi connectivity index (χ0n) is 11.1. The maximum absolute atomic E-state index is 3.65. The molecule has 0 bridgehead atoms. The van der Waals surface area contributed by atoms with Gasteiger partial charge in [-0.1, -0.05) is 6.92 Å². The van der Waals surface area contributed by atoms with Gasteiger partial charge in [-0.25, -0.2) is 0 Å². The van der Waals surface area contributed by atoms with Gasteiger partial charge in [-0.05, 0) is 53.5 Å². The minimum absolute atomic E-state index is 0.329. The number of piperidine rings is 1. The van der Waals surface area contributed by atoms with Crippen molar-refractivity contribution < 1.29 is 0 Å². The smallest absolute Gasteiger partial charge is 0.0127 e. The van der Waals surface area contributed by atoms with E-state index in [0.29, 0.717) is 11.6 Å². The van der Waals surface area contributed by atoms with E-state index in [4.69, 9.17) is 0 Å². The minimum atomic E-state index is 0.329. The highest BCUT2D eigenvalue weighted by Gasteiger charge is 2.31. The third-order valence-electron chi connectivity index (χ3n) is 3.42. The summed E-state index contributed by atoms with van der Waals surface area (Å²) in [5.41, 5.74) is 0.329. The summed E-state index contributed by atoms with van der Waals surface area (Å²) in [5, 5.41) is 3.65. The van der Waals surface area contributed by atoms with Crippen LogP contribution in [-0.4, -0.2) is 35.6 Å². The molecular weight excluding hydrogens is 184 g/mol.